The highest BCUT2D eigenvalue weighted by Crippen LogP contribution is 2.13. The molecule has 0 bridgehead atoms. The highest BCUT2D eigenvalue weighted by molar-refractivity contribution is 7.15. The standard InChI is InChI=1S/C11H14N4OS/c1-13-2-4-14(5-3-13)10(16)9-8-15-6-7-17-11(15)12-9/h6-8H,2-5H2,1H3. The summed E-state index contributed by atoms with van der Waals surface area (Å²) in [5.74, 6) is 0.0500. The van der Waals surface area contributed by atoms with E-state index in [1.807, 2.05) is 27.1 Å². The van der Waals surface area contributed by atoms with Crippen LogP contribution < -0.4 is 0 Å². The van der Waals surface area contributed by atoms with E-state index in [4.69, 9.17) is 0 Å². The van der Waals surface area contributed by atoms with Crippen molar-refractivity contribution < 1.29 is 4.79 Å². The molecule has 3 heterocycles. The maximum absolute atomic E-state index is 12.2. The van der Waals surface area contributed by atoms with Crippen molar-refractivity contribution in [2.45, 2.75) is 0 Å². The molecule has 1 amide bonds. The maximum atomic E-state index is 12.2. The fraction of sp³-hybridized carbons (Fsp3) is 0.455. The van der Waals surface area contributed by atoms with E-state index in [9.17, 15) is 4.79 Å². The van der Waals surface area contributed by atoms with Crippen LogP contribution in [-0.2, 0) is 0 Å². The van der Waals surface area contributed by atoms with Crippen LogP contribution in [0.1, 0.15) is 10.5 Å². The van der Waals surface area contributed by atoms with Crippen LogP contribution in [0, 0.1) is 0 Å². The third-order valence-electron chi connectivity index (χ3n) is 3.10. The van der Waals surface area contributed by atoms with Crippen molar-refractivity contribution in [3.8, 4) is 0 Å². The van der Waals surface area contributed by atoms with Crippen LogP contribution in [0.5, 0.6) is 0 Å². The number of rotatable bonds is 1. The van der Waals surface area contributed by atoms with Gasteiger partial charge in [-0.05, 0) is 7.05 Å². The third kappa shape index (κ3) is 1.94. The number of fused-ring (bicyclic) bond motifs is 1. The van der Waals surface area contributed by atoms with Crippen LogP contribution in [0.15, 0.2) is 17.8 Å². The molecule has 0 aromatic carbocycles. The number of likely N-dealkylation sites (N-methyl/N-ethyl adjacent to an activating group) is 1. The van der Waals surface area contributed by atoms with E-state index < -0.39 is 0 Å². The zero-order valence-electron chi connectivity index (χ0n) is 9.67. The molecule has 1 saturated heterocycles. The second kappa shape index (κ2) is 4.12. The molecule has 2 aromatic rings. The number of thiazole rings is 1. The largest absolute Gasteiger partial charge is 0.335 e. The Morgan fingerprint density at radius 1 is 1.35 bits per heavy atom. The second-order valence-electron chi connectivity index (χ2n) is 4.31. The van der Waals surface area contributed by atoms with Gasteiger partial charge in [0.05, 0.1) is 0 Å². The van der Waals surface area contributed by atoms with E-state index in [0.717, 1.165) is 31.1 Å². The zero-order chi connectivity index (χ0) is 11.8. The van der Waals surface area contributed by atoms with Gasteiger partial charge in [0.1, 0.15) is 5.69 Å². The number of imidazole rings is 1. The highest BCUT2D eigenvalue weighted by Gasteiger charge is 2.22. The molecular formula is C11H14N4OS. The average Bonchev–Trinajstić information content (AvgIpc) is 2.89. The molecule has 0 N–H and O–H groups in total. The lowest BCUT2D eigenvalue weighted by molar-refractivity contribution is 0.0659. The molecule has 1 aliphatic rings. The van der Waals surface area contributed by atoms with E-state index in [0.29, 0.717) is 5.69 Å². The van der Waals surface area contributed by atoms with E-state index in [1.165, 1.54) is 0 Å². The third-order valence-corrected chi connectivity index (χ3v) is 3.87. The van der Waals surface area contributed by atoms with Crippen molar-refractivity contribution in [3.63, 3.8) is 0 Å². The molecule has 0 atom stereocenters. The molecule has 0 radical (unpaired) electrons. The van der Waals surface area contributed by atoms with Gasteiger partial charge < -0.3 is 9.80 Å². The Bertz CT molecular complexity index is 510. The Hall–Kier alpha value is -1.40. The molecule has 5 nitrogen and oxygen atoms in total. The van der Waals surface area contributed by atoms with Crippen molar-refractivity contribution in [3.05, 3.63) is 23.5 Å². The Morgan fingerprint density at radius 3 is 2.82 bits per heavy atom. The van der Waals surface area contributed by atoms with E-state index in [1.54, 1.807) is 11.3 Å². The average molecular weight is 250 g/mol. The summed E-state index contributed by atoms with van der Waals surface area (Å²) in [5, 5.41) is 1.96. The number of piperazine rings is 1. The maximum Gasteiger partial charge on any atom is 0.274 e. The number of amides is 1. The molecule has 17 heavy (non-hydrogen) atoms. The molecule has 0 spiro atoms. The number of aromatic nitrogens is 2. The van der Waals surface area contributed by atoms with Gasteiger partial charge in [-0.2, -0.15) is 0 Å². The first-order chi connectivity index (χ1) is 8.24. The Kier molecular flexibility index (Phi) is 2.60. The minimum absolute atomic E-state index is 0.0500. The van der Waals surface area contributed by atoms with Crippen LogP contribution in [-0.4, -0.2) is 58.3 Å². The van der Waals surface area contributed by atoms with Crippen LogP contribution in [0.25, 0.3) is 4.96 Å². The summed E-state index contributed by atoms with van der Waals surface area (Å²) in [7, 11) is 2.08. The van der Waals surface area contributed by atoms with Gasteiger partial charge in [-0.3, -0.25) is 9.20 Å². The lowest BCUT2D eigenvalue weighted by Gasteiger charge is -2.31. The Morgan fingerprint density at radius 2 is 2.12 bits per heavy atom. The molecule has 2 aromatic heterocycles. The SMILES string of the molecule is CN1CCN(C(=O)c2cn3ccsc3n2)CC1. The van der Waals surface area contributed by atoms with Crippen molar-refractivity contribution >= 4 is 22.2 Å². The van der Waals surface area contributed by atoms with Gasteiger partial charge in [0.2, 0.25) is 0 Å². The van der Waals surface area contributed by atoms with Gasteiger partial charge in [0.25, 0.3) is 5.91 Å². The fourth-order valence-electron chi connectivity index (χ4n) is 2.00. The first-order valence-electron chi connectivity index (χ1n) is 5.64. The molecule has 90 valence electrons. The quantitative estimate of drug-likeness (QED) is 0.751. The fourth-order valence-corrected chi connectivity index (χ4v) is 2.70. The van der Waals surface area contributed by atoms with Crippen LogP contribution in [0.3, 0.4) is 0 Å². The van der Waals surface area contributed by atoms with E-state index >= 15 is 0 Å². The van der Waals surface area contributed by atoms with Gasteiger partial charge in [-0.25, -0.2) is 4.98 Å². The van der Waals surface area contributed by atoms with Crippen LogP contribution in [0.2, 0.25) is 0 Å². The minimum atomic E-state index is 0.0500. The normalized spacial score (nSPS) is 17.8. The van der Waals surface area contributed by atoms with Crippen molar-refractivity contribution in [2.75, 3.05) is 33.2 Å². The number of carbonyl (C=O) groups excluding carboxylic acids is 1. The second-order valence-corrected chi connectivity index (χ2v) is 5.19. The summed E-state index contributed by atoms with van der Waals surface area (Å²) in [5.41, 5.74) is 0.557. The van der Waals surface area contributed by atoms with Gasteiger partial charge in [0, 0.05) is 44.0 Å². The number of hydrogen-bond acceptors (Lipinski definition) is 4. The minimum Gasteiger partial charge on any atom is -0.335 e. The number of nitrogens with zero attached hydrogens (tertiary/aromatic N) is 4. The van der Waals surface area contributed by atoms with Crippen LogP contribution >= 0.6 is 11.3 Å². The van der Waals surface area contributed by atoms with Crippen LogP contribution in [0.4, 0.5) is 0 Å². The molecule has 0 saturated carbocycles. The predicted octanol–water partition coefficient (Wildman–Crippen LogP) is 0.783. The van der Waals surface area contributed by atoms with Crippen molar-refractivity contribution in [1.29, 1.82) is 0 Å². The summed E-state index contributed by atoms with van der Waals surface area (Å²) in [6.45, 7) is 3.46. The Labute approximate surface area is 103 Å². The lowest BCUT2D eigenvalue weighted by Crippen LogP contribution is -2.47. The molecule has 0 unspecified atom stereocenters. The van der Waals surface area contributed by atoms with E-state index in [-0.39, 0.29) is 5.91 Å². The molecule has 3 rings (SSSR count). The highest BCUT2D eigenvalue weighted by atomic mass is 32.1. The molecule has 1 aliphatic heterocycles. The predicted molar refractivity (Wildman–Crippen MR) is 66.5 cm³/mol. The van der Waals surface area contributed by atoms with Gasteiger partial charge in [0.15, 0.2) is 4.96 Å². The first kappa shape index (κ1) is 10.7. The van der Waals surface area contributed by atoms with Gasteiger partial charge in [-0.15, -0.1) is 11.3 Å². The van der Waals surface area contributed by atoms with Crippen molar-refractivity contribution in [1.82, 2.24) is 19.2 Å². The van der Waals surface area contributed by atoms with Gasteiger partial charge in [-0.1, -0.05) is 0 Å². The summed E-state index contributed by atoms with van der Waals surface area (Å²) in [4.78, 5) is 21.5. The monoisotopic (exact) mass is 250 g/mol. The molecular weight excluding hydrogens is 236 g/mol. The summed E-state index contributed by atoms with van der Waals surface area (Å²) < 4.78 is 1.90. The lowest BCUT2D eigenvalue weighted by atomic mass is 10.3. The summed E-state index contributed by atoms with van der Waals surface area (Å²) >= 11 is 1.55. The van der Waals surface area contributed by atoms with Crippen molar-refractivity contribution in [2.24, 2.45) is 0 Å². The topological polar surface area (TPSA) is 40.9 Å². The van der Waals surface area contributed by atoms with Gasteiger partial charge >= 0.3 is 0 Å². The smallest absolute Gasteiger partial charge is 0.274 e. The summed E-state index contributed by atoms with van der Waals surface area (Å²) in [6.07, 6.45) is 3.74. The zero-order valence-corrected chi connectivity index (χ0v) is 10.5. The molecule has 0 aliphatic carbocycles. The molecule has 1 fully saturated rings. The first-order valence-corrected chi connectivity index (χ1v) is 6.52. The number of carbonyl (C=O) groups is 1. The van der Waals surface area contributed by atoms with E-state index in [2.05, 4.69) is 16.9 Å². The summed E-state index contributed by atoms with van der Waals surface area (Å²) in [6, 6.07) is 0. The Balaban J connectivity index is 1.79. The number of hydrogen-bond donors (Lipinski definition) is 0. The molecule has 6 heteroatoms.